The number of carbonyl (C=O) groups is 3. The number of sulfone groups is 1. The number of benzene rings is 2. The van der Waals surface area contributed by atoms with Crippen molar-refractivity contribution in [2.24, 2.45) is 0 Å². The Labute approximate surface area is 196 Å². The summed E-state index contributed by atoms with van der Waals surface area (Å²) in [6.07, 6.45) is 0.954. The molecule has 0 radical (unpaired) electrons. The number of hydrogen-bond acceptors (Lipinski definition) is 7. The predicted molar refractivity (Wildman–Crippen MR) is 123 cm³/mol. The van der Waals surface area contributed by atoms with Gasteiger partial charge in [-0.25, -0.2) is 13.2 Å². The topological polar surface area (TPSA) is 123 Å². The van der Waals surface area contributed by atoms with Gasteiger partial charge in [-0.05, 0) is 43.3 Å². The Morgan fingerprint density at radius 1 is 1.09 bits per heavy atom. The van der Waals surface area contributed by atoms with Crippen LogP contribution < -0.4 is 10.2 Å². The summed E-state index contributed by atoms with van der Waals surface area (Å²) >= 11 is 0. The Kier molecular flexibility index (Phi) is 6.51. The lowest BCUT2D eigenvalue weighted by Gasteiger charge is -2.22. The van der Waals surface area contributed by atoms with Gasteiger partial charge in [-0.1, -0.05) is 24.3 Å². The first kappa shape index (κ1) is 23.2. The number of carbonyl (C=O) groups excluding carboxylic acids is 3. The van der Waals surface area contributed by atoms with Gasteiger partial charge < -0.3 is 19.4 Å². The van der Waals surface area contributed by atoms with Crippen molar-refractivity contribution in [2.45, 2.75) is 23.5 Å². The van der Waals surface area contributed by atoms with Crippen LogP contribution in [0.5, 0.6) is 0 Å². The number of esters is 1. The standard InChI is InChI=1S/C24H22N2O7S/c1-2-32-24(29)16-8-3-4-9-17(16)25-22(27)15-26-18-10-5-6-12-20(18)34(30,31)21(14-23(26)28)19-11-7-13-33-19/h3-13,21H,2,14-15H2,1H3,(H,25,27). The van der Waals surface area contributed by atoms with E-state index in [0.29, 0.717) is 0 Å². The molecule has 2 amide bonds. The lowest BCUT2D eigenvalue weighted by molar-refractivity contribution is -0.121. The highest BCUT2D eigenvalue weighted by molar-refractivity contribution is 7.91. The second kappa shape index (κ2) is 9.52. The minimum absolute atomic E-state index is 0.0676. The summed E-state index contributed by atoms with van der Waals surface area (Å²) in [5.74, 6) is -1.60. The summed E-state index contributed by atoms with van der Waals surface area (Å²) in [4.78, 5) is 39.4. The Hall–Kier alpha value is -3.92. The fraction of sp³-hybridized carbons (Fsp3) is 0.208. The van der Waals surface area contributed by atoms with Crippen molar-refractivity contribution >= 4 is 39.0 Å². The van der Waals surface area contributed by atoms with Crippen LogP contribution in [0.2, 0.25) is 0 Å². The van der Waals surface area contributed by atoms with Crippen molar-refractivity contribution in [1.82, 2.24) is 0 Å². The quantitative estimate of drug-likeness (QED) is 0.535. The molecule has 1 atom stereocenters. The number of amides is 2. The summed E-state index contributed by atoms with van der Waals surface area (Å²) < 4.78 is 37.1. The Morgan fingerprint density at radius 2 is 1.82 bits per heavy atom. The molecule has 1 unspecified atom stereocenters. The van der Waals surface area contributed by atoms with Gasteiger partial charge in [0.05, 0.1) is 41.1 Å². The molecule has 176 valence electrons. The first-order valence-electron chi connectivity index (χ1n) is 10.6. The monoisotopic (exact) mass is 482 g/mol. The van der Waals surface area contributed by atoms with Crippen molar-refractivity contribution in [2.75, 3.05) is 23.4 Å². The highest BCUT2D eigenvalue weighted by Gasteiger charge is 2.41. The van der Waals surface area contributed by atoms with Gasteiger partial charge in [0.1, 0.15) is 17.6 Å². The largest absolute Gasteiger partial charge is 0.468 e. The molecule has 10 heteroatoms. The third kappa shape index (κ3) is 4.44. The number of furan rings is 1. The van der Waals surface area contributed by atoms with E-state index in [1.807, 2.05) is 0 Å². The van der Waals surface area contributed by atoms with E-state index >= 15 is 0 Å². The highest BCUT2D eigenvalue weighted by Crippen LogP contribution is 2.40. The average molecular weight is 483 g/mol. The zero-order valence-electron chi connectivity index (χ0n) is 18.3. The Balaban J connectivity index is 1.65. The molecule has 1 aliphatic heterocycles. The smallest absolute Gasteiger partial charge is 0.340 e. The molecular weight excluding hydrogens is 460 g/mol. The first-order valence-corrected chi connectivity index (χ1v) is 12.1. The average Bonchev–Trinajstić information content (AvgIpc) is 3.33. The maximum atomic E-state index is 13.4. The highest BCUT2D eigenvalue weighted by atomic mass is 32.2. The number of para-hydroxylation sites is 2. The number of rotatable bonds is 6. The summed E-state index contributed by atoms with van der Waals surface area (Å²) in [6, 6.07) is 15.4. The molecule has 2 aromatic carbocycles. The zero-order valence-corrected chi connectivity index (χ0v) is 19.1. The zero-order chi connectivity index (χ0) is 24.3. The summed E-state index contributed by atoms with van der Waals surface area (Å²) in [5.41, 5.74) is 0.499. The number of hydrogen-bond donors (Lipinski definition) is 1. The molecule has 4 rings (SSSR count). The maximum Gasteiger partial charge on any atom is 0.340 e. The third-order valence-electron chi connectivity index (χ3n) is 5.36. The Morgan fingerprint density at radius 3 is 2.56 bits per heavy atom. The number of ether oxygens (including phenoxy) is 1. The lowest BCUT2D eigenvalue weighted by atomic mass is 10.1. The molecule has 0 saturated heterocycles. The van der Waals surface area contributed by atoms with E-state index in [0.717, 1.165) is 4.90 Å². The van der Waals surface area contributed by atoms with Gasteiger partial charge in [0.2, 0.25) is 11.8 Å². The summed E-state index contributed by atoms with van der Waals surface area (Å²) in [6.45, 7) is 1.39. The van der Waals surface area contributed by atoms with Crippen molar-refractivity contribution in [3.8, 4) is 0 Å². The molecule has 1 aliphatic rings. The van der Waals surface area contributed by atoms with Gasteiger partial charge in [0.25, 0.3) is 0 Å². The minimum Gasteiger partial charge on any atom is -0.468 e. The van der Waals surface area contributed by atoms with E-state index in [9.17, 15) is 22.8 Å². The molecule has 1 N–H and O–H groups in total. The molecule has 0 spiro atoms. The molecule has 0 aliphatic carbocycles. The second-order valence-electron chi connectivity index (χ2n) is 7.52. The van der Waals surface area contributed by atoms with Gasteiger partial charge in [-0.2, -0.15) is 0 Å². The number of anilines is 2. The molecule has 0 bridgehead atoms. The van der Waals surface area contributed by atoms with Crippen molar-refractivity contribution in [3.05, 3.63) is 78.3 Å². The van der Waals surface area contributed by atoms with Crippen LogP contribution in [0.4, 0.5) is 11.4 Å². The van der Waals surface area contributed by atoms with Gasteiger partial charge in [0, 0.05) is 0 Å². The number of nitrogens with zero attached hydrogens (tertiary/aromatic N) is 1. The third-order valence-corrected chi connectivity index (χ3v) is 7.46. The van der Waals surface area contributed by atoms with Gasteiger partial charge in [-0.15, -0.1) is 0 Å². The van der Waals surface area contributed by atoms with Crippen LogP contribution in [0.15, 0.2) is 76.2 Å². The van der Waals surface area contributed by atoms with Gasteiger partial charge >= 0.3 is 5.97 Å². The van der Waals surface area contributed by atoms with Crippen LogP contribution in [-0.4, -0.2) is 39.4 Å². The fourth-order valence-corrected chi connectivity index (χ4v) is 5.65. The van der Waals surface area contributed by atoms with Crippen LogP contribution in [0.3, 0.4) is 0 Å². The predicted octanol–water partition coefficient (Wildman–Crippen LogP) is 3.35. The number of fused-ring (bicyclic) bond motifs is 1. The minimum atomic E-state index is -3.98. The van der Waals surface area contributed by atoms with Crippen LogP contribution in [0.1, 0.15) is 34.7 Å². The molecule has 0 fully saturated rings. The van der Waals surface area contributed by atoms with Crippen molar-refractivity contribution in [1.29, 1.82) is 0 Å². The van der Waals surface area contributed by atoms with E-state index in [1.54, 1.807) is 43.3 Å². The van der Waals surface area contributed by atoms with E-state index in [-0.39, 0.29) is 34.2 Å². The SMILES string of the molecule is CCOC(=O)c1ccccc1NC(=O)CN1C(=O)CC(c2ccco2)S(=O)(=O)c2ccccc21. The van der Waals surface area contributed by atoms with Crippen LogP contribution >= 0.6 is 0 Å². The van der Waals surface area contributed by atoms with Crippen LogP contribution in [-0.2, 0) is 24.2 Å². The second-order valence-corrected chi connectivity index (χ2v) is 9.61. The first-order chi connectivity index (χ1) is 16.3. The summed E-state index contributed by atoms with van der Waals surface area (Å²) in [5, 5.41) is 1.41. The molecule has 2 heterocycles. The molecule has 9 nitrogen and oxygen atoms in total. The van der Waals surface area contributed by atoms with E-state index in [4.69, 9.17) is 9.15 Å². The number of nitrogens with one attached hydrogen (secondary N) is 1. The van der Waals surface area contributed by atoms with Crippen LogP contribution in [0, 0.1) is 0 Å². The summed E-state index contributed by atoms with van der Waals surface area (Å²) in [7, 11) is -3.98. The molecule has 1 aromatic heterocycles. The van der Waals surface area contributed by atoms with Crippen LogP contribution in [0.25, 0.3) is 0 Å². The normalized spacial score (nSPS) is 16.9. The molecule has 0 saturated carbocycles. The van der Waals surface area contributed by atoms with E-state index in [2.05, 4.69) is 5.32 Å². The lowest BCUT2D eigenvalue weighted by Crippen LogP contribution is -2.38. The van der Waals surface area contributed by atoms with Gasteiger partial charge in [-0.3, -0.25) is 9.59 Å². The Bertz CT molecular complexity index is 1330. The molecular formula is C24H22N2O7S. The van der Waals surface area contributed by atoms with E-state index in [1.165, 1.54) is 30.5 Å². The van der Waals surface area contributed by atoms with E-state index < -0.39 is 45.8 Å². The molecule has 34 heavy (non-hydrogen) atoms. The van der Waals surface area contributed by atoms with Gasteiger partial charge in [0.15, 0.2) is 9.84 Å². The van der Waals surface area contributed by atoms with Crippen molar-refractivity contribution < 1.29 is 32.0 Å². The fourth-order valence-electron chi connectivity index (χ4n) is 3.80. The molecule has 3 aromatic rings. The maximum absolute atomic E-state index is 13.4. The van der Waals surface area contributed by atoms with Crippen molar-refractivity contribution in [3.63, 3.8) is 0 Å².